The van der Waals surface area contributed by atoms with Crippen molar-refractivity contribution in [3.05, 3.63) is 94.2 Å². The number of nitrogens with zero attached hydrogens (tertiary/aromatic N) is 2. The van der Waals surface area contributed by atoms with Crippen LogP contribution in [0.2, 0.25) is 0 Å². The van der Waals surface area contributed by atoms with Gasteiger partial charge in [-0.2, -0.15) is 0 Å². The van der Waals surface area contributed by atoms with Gasteiger partial charge in [-0.25, -0.2) is 4.98 Å². The molecule has 0 radical (unpaired) electrons. The van der Waals surface area contributed by atoms with Crippen LogP contribution >= 0.6 is 0 Å². The minimum Gasteiger partial charge on any atom is -0.441 e. The number of aryl methyl sites for hydroxylation is 1. The van der Waals surface area contributed by atoms with Crippen LogP contribution in [0.15, 0.2) is 76.1 Å². The maximum atomic E-state index is 12.7. The Morgan fingerprint density at radius 1 is 1.11 bits per heavy atom. The zero-order valence-corrected chi connectivity index (χ0v) is 14.7. The summed E-state index contributed by atoms with van der Waals surface area (Å²) >= 11 is 0. The average molecular weight is 359 g/mol. The molecule has 0 fully saturated rings. The molecule has 4 rings (SSSR count). The zero-order chi connectivity index (χ0) is 18.8. The predicted octanol–water partition coefficient (Wildman–Crippen LogP) is 3.60. The number of fused-ring (bicyclic) bond motifs is 1. The fraction of sp³-hybridized carbons (Fsp3) is 0.0952. The number of rotatable bonds is 4. The normalized spacial score (nSPS) is 10.9. The van der Waals surface area contributed by atoms with Crippen LogP contribution in [0, 0.1) is 6.92 Å². The van der Waals surface area contributed by atoms with E-state index in [0.717, 1.165) is 11.1 Å². The third-order valence-corrected chi connectivity index (χ3v) is 4.21. The summed E-state index contributed by atoms with van der Waals surface area (Å²) in [5.41, 5.74) is 2.58. The standard InChI is InChI=1S/C21H17N3O3/c1-14-22-18-10-9-16(12-19(18)27-14)23-20(25)17-8-5-11-24(21(17)26)13-15-6-3-2-4-7-15/h2-12H,13H2,1H3,(H,23,25). The first-order valence-corrected chi connectivity index (χ1v) is 8.52. The van der Waals surface area contributed by atoms with Crippen LogP contribution in [0.4, 0.5) is 5.69 Å². The van der Waals surface area contributed by atoms with Crippen LogP contribution < -0.4 is 10.9 Å². The van der Waals surface area contributed by atoms with Gasteiger partial charge in [-0.1, -0.05) is 30.3 Å². The number of hydrogen-bond donors (Lipinski definition) is 1. The first-order valence-electron chi connectivity index (χ1n) is 8.52. The smallest absolute Gasteiger partial charge is 0.263 e. The quantitative estimate of drug-likeness (QED) is 0.604. The summed E-state index contributed by atoms with van der Waals surface area (Å²) in [7, 11) is 0. The van der Waals surface area contributed by atoms with Gasteiger partial charge in [0.2, 0.25) is 0 Å². The van der Waals surface area contributed by atoms with E-state index in [9.17, 15) is 9.59 Å². The van der Waals surface area contributed by atoms with Gasteiger partial charge in [0.25, 0.3) is 11.5 Å². The summed E-state index contributed by atoms with van der Waals surface area (Å²) in [6.45, 7) is 2.17. The van der Waals surface area contributed by atoms with E-state index in [2.05, 4.69) is 10.3 Å². The lowest BCUT2D eigenvalue weighted by Gasteiger charge is -2.09. The number of oxazole rings is 1. The summed E-state index contributed by atoms with van der Waals surface area (Å²) in [5.74, 6) is 0.0957. The Labute approximate surface area is 155 Å². The molecule has 134 valence electrons. The zero-order valence-electron chi connectivity index (χ0n) is 14.7. The van der Waals surface area contributed by atoms with E-state index in [1.807, 2.05) is 30.3 Å². The molecule has 2 aromatic heterocycles. The molecule has 1 amide bonds. The molecule has 0 bridgehead atoms. The third-order valence-electron chi connectivity index (χ3n) is 4.21. The minimum absolute atomic E-state index is 0.0854. The molecular weight excluding hydrogens is 342 g/mol. The molecule has 0 saturated heterocycles. The van der Waals surface area contributed by atoms with E-state index in [4.69, 9.17) is 4.42 Å². The molecule has 0 saturated carbocycles. The number of hydrogen-bond acceptors (Lipinski definition) is 4. The predicted molar refractivity (Wildman–Crippen MR) is 103 cm³/mol. The highest BCUT2D eigenvalue weighted by Crippen LogP contribution is 2.20. The second kappa shape index (κ2) is 6.92. The Morgan fingerprint density at radius 2 is 1.93 bits per heavy atom. The fourth-order valence-electron chi connectivity index (χ4n) is 2.93. The molecule has 0 aliphatic rings. The summed E-state index contributed by atoms with van der Waals surface area (Å²) in [5, 5.41) is 2.75. The van der Waals surface area contributed by atoms with Crippen molar-refractivity contribution in [1.82, 2.24) is 9.55 Å². The Balaban J connectivity index is 1.59. The molecule has 1 N–H and O–H groups in total. The van der Waals surface area contributed by atoms with Crippen molar-refractivity contribution in [2.75, 3.05) is 5.32 Å². The lowest BCUT2D eigenvalue weighted by atomic mass is 10.2. The molecule has 0 atom stereocenters. The highest BCUT2D eigenvalue weighted by Gasteiger charge is 2.13. The topological polar surface area (TPSA) is 77.1 Å². The average Bonchev–Trinajstić information content (AvgIpc) is 3.03. The van der Waals surface area contributed by atoms with Gasteiger partial charge < -0.3 is 14.3 Å². The van der Waals surface area contributed by atoms with Gasteiger partial charge in [-0.15, -0.1) is 0 Å². The second-order valence-electron chi connectivity index (χ2n) is 6.21. The molecule has 0 unspecified atom stereocenters. The van der Waals surface area contributed by atoms with Gasteiger partial charge in [0.05, 0.1) is 6.54 Å². The first-order chi connectivity index (χ1) is 13.1. The van der Waals surface area contributed by atoms with E-state index in [-0.39, 0.29) is 11.1 Å². The number of pyridine rings is 1. The molecule has 0 spiro atoms. The van der Waals surface area contributed by atoms with Crippen molar-refractivity contribution >= 4 is 22.7 Å². The number of carbonyl (C=O) groups excluding carboxylic acids is 1. The van der Waals surface area contributed by atoms with Crippen LogP contribution in [0.1, 0.15) is 21.8 Å². The van der Waals surface area contributed by atoms with E-state index >= 15 is 0 Å². The lowest BCUT2D eigenvalue weighted by molar-refractivity contribution is 0.102. The highest BCUT2D eigenvalue weighted by atomic mass is 16.3. The summed E-state index contributed by atoms with van der Waals surface area (Å²) in [6.07, 6.45) is 1.68. The monoisotopic (exact) mass is 359 g/mol. The molecule has 2 aromatic carbocycles. The maximum Gasteiger partial charge on any atom is 0.263 e. The fourth-order valence-corrected chi connectivity index (χ4v) is 2.93. The van der Waals surface area contributed by atoms with Crippen LogP contribution in [0.5, 0.6) is 0 Å². The van der Waals surface area contributed by atoms with Gasteiger partial charge >= 0.3 is 0 Å². The minimum atomic E-state index is -0.460. The van der Waals surface area contributed by atoms with Crippen LogP contribution in [0.25, 0.3) is 11.1 Å². The maximum absolute atomic E-state index is 12.7. The molecule has 27 heavy (non-hydrogen) atoms. The number of benzene rings is 2. The summed E-state index contributed by atoms with van der Waals surface area (Å²) in [6, 6.07) is 18.0. The molecule has 2 heterocycles. The molecular formula is C21H17N3O3. The van der Waals surface area contributed by atoms with Crippen molar-refractivity contribution < 1.29 is 9.21 Å². The largest absolute Gasteiger partial charge is 0.441 e. The van der Waals surface area contributed by atoms with E-state index in [0.29, 0.717) is 23.7 Å². The summed E-state index contributed by atoms with van der Waals surface area (Å²) in [4.78, 5) is 29.5. The Morgan fingerprint density at radius 3 is 2.74 bits per heavy atom. The van der Waals surface area contributed by atoms with E-state index in [1.54, 1.807) is 37.4 Å². The number of carbonyl (C=O) groups is 1. The molecule has 0 aliphatic heterocycles. The molecule has 4 aromatic rings. The lowest BCUT2D eigenvalue weighted by Crippen LogP contribution is -2.29. The van der Waals surface area contributed by atoms with Gasteiger partial charge in [0.1, 0.15) is 11.1 Å². The molecule has 0 aliphatic carbocycles. The van der Waals surface area contributed by atoms with Crippen molar-refractivity contribution in [3.8, 4) is 0 Å². The van der Waals surface area contributed by atoms with E-state index < -0.39 is 5.91 Å². The van der Waals surface area contributed by atoms with Gasteiger partial charge in [-0.3, -0.25) is 9.59 Å². The van der Waals surface area contributed by atoms with Gasteiger partial charge in [0, 0.05) is 24.9 Å². The van der Waals surface area contributed by atoms with Crippen LogP contribution in [0.3, 0.4) is 0 Å². The summed E-state index contributed by atoms with van der Waals surface area (Å²) < 4.78 is 7.00. The number of nitrogens with one attached hydrogen (secondary N) is 1. The van der Waals surface area contributed by atoms with Crippen molar-refractivity contribution in [3.63, 3.8) is 0 Å². The van der Waals surface area contributed by atoms with Crippen molar-refractivity contribution in [2.24, 2.45) is 0 Å². The first kappa shape index (κ1) is 16.8. The number of anilines is 1. The van der Waals surface area contributed by atoms with Crippen LogP contribution in [-0.4, -0.2) is 15.5 Å². The Bertz CT molecular complexity index is 1180. The van der Waals surface area contributed by atoms with Crippen LogP contribution in [-0.2, 0) is 6.54 Å². The Hall–Kier alpha value is -3.67. The van der Waals surface area contributed by atoms with Gasteiger partial charge in [0.15, 0.2) is 11.5 Å². The molecule has 6 nitrogen and oxygen atoms in total. The third kappa shape index (κ3) is 3.50. The number of aromatic nitrogens is 2. The van der Waals surface area contributed by atoms with Crippen molar-refractivity contribution in [2.45, 2.75) is 13.5 Å². The Kier molecular flexibility index (Phi) is 4.30. The second-order valence-corrected chi connectivity index (χ2v) is 6.21. The molecule has 6 heteroatoms. The van der Waals surface area contributed by atoms with E-state index in [1.165, 1.54) is 10.6 Å². The number of amides is 1. The van der Waals surface area contributed by atoms with Crippen molar-refractivity contribution in [1.29, 1.82) is 0 Å². The SMILES string of the molecule is Cc1nc2ccc(NC(=O)c3cccn(Cc4ccccc4)c3=O)cc2o1. The highest BCUT2D eigenvalue weighted by molar-refractivity contribution is 6.04. The van der Waals surface area contributed by atoms with Gasteiger partial charge in [-0.05, 0) is 29.8 Å².